The maximum atomic E-state index is 2.55. The van der Waals surface area contributed by atoms with Gasteiger partial charge in [-0.15, -0.1) is 0 Å². The van der Waals surface area contributed by atoms with Crippen molar-refractivity contribution in [2.24, 2.45) is 0 Å². The smallest absolute Gasteiger partial charge is 0.0393 e. The fourth-order valence-corrected chi connectivity index (χ4v) is 2.22. The van der Waals surface area contributed by atoms with Crippen LogP contribution in [-0.4, -0.2) is 22.1 Å². The lowest BCUT2D eigenvalue weighted by molar-refractivity contribution is 0.176. The van der Waals surface area contributed by atoms with Crippen LogP contribution >= 0.6 is 0 Å². The second-order valence-electron chi connectivity index (χ2n) is 4.40. The Labute approximate surface area is 86.5 Å². The largest absolute Gasteiger partial charge is 0.349 e. The summed E-state index contributed by atoms with van der Waals surface area (Å²) < 4.78 is 2.41. The van der Waals surface area contributed by atoms with Crippen molar-refractivity contribution >= 4 is 0 Å². The van der Waals surface area contributed by atoms with Gasteiger partial charge in [-0.2, -0.15) is 0 Å². The van der Waals surface area contributed by atoms with Gasteiger partial charge in [-0.3, -0.25) is 4.90 Å². The van der Waals surface area contributed by atoms with Crippen molar-refractivity contribution in [1.29, 1.82) is 0 Å². The summed E-state index contributed by atoms with van der Waals surface area (Å²) in [6.45, 7) is 10.3. The molecular formula is C12H20N2. The Hall–Kier alpha value is -0.760. The molecule has 0 spiro atoms. The first kappa shape index (κ1) is 9.78. The molecule has 78 valence electrons. The molecule has 1 aliphatic heterocycles. The highest BCUT2D eigenvalue weighted by atomic mass is 15.2. The first-order chi connectivity index (χ1) is 6.72. The topological polar surface area (TPSA) is 8.17 Å². The van der Waals surface area contributed by atoms with Crippen LogP contribution in [0.15, 0.2) is 12.3 Å². The van der Waals surface area contributed by atoms with Crippen LogP contribution in [0.5, 0.6) is 0 Å². The van der Waals surface area contributed by atoms with E-state index in [1.54, 1.807) is 0 Å². The Bertz CT molecular complexity index is 299. The van der Waals surface area contributed by atoms with Gasteiger partial charge < -0.3 is 4.57 Å². The third kappa shape index (κ3) is 1.59. The van der Waals surface area contributed by atoms with Gasteiger partial charge in [0, 0.05) is 37.6 Å². The highest BCUT2D eigenvalue weighted by Crippen LogP contribution is 2.20. The second-order valence-corrected chi connectivity index (χ2v) is 4.40. The fourth-order valence-electron chi connectivity index (χ4n) is 2.22. The minimum atomic E-state index is 0.670. The van der Waals surface area contributed by atoms with Gasteiger partial charge in [0.1, 0.15) is 0 Å². The number of hydrogen-bond donors (Lipinski definition) is 0. The molecule has 0 unspecified atom stereocenters. The number of fused-ring (bicyclic) bond motifs is 1. The van der Waals surface area contributed by atoms with Crippen LogP contribution in [0.3, 0.4) is 0 Å². The Morgan fingerprint density at radius 3 is 2.79 bits per heavy atom. The summed E-state index contributed by atoms with van der Waals surface area (Å²) in [5, 5.41) is 0. The number of aromatic nitrogens is 1. The van der Waals surface area contributed by atoms with Gasteiger partial charge >= 0.3 is 0 Å². The van der Waals surface area contributed by atoms with Crippen LogP contribution in [0.2, 0.25) is 0 Å². The molecule has 0 saturated heterocycles. The minimum Gasteiger partial charge on any atom is -0.349 e. The Balaban J connectivity index is 2.23. The van der Waals surface area contributed by atoms with Gasteiger partial charge in [0.2, 0.25) is 0 Å². The van der Waals surface area contributed by atoms with Crippen molar-refractivity contribution in [2.75, 3.05) is 6.54 Å². The van der Waals surface area contributed by atoms with E-state index in [0.717, 1.165) is 19.5 Å². The Kier molecular flexibility index (Phi) is 2.64. The van der Waals surface area contributed by atoms with E-state index >= 15 is 0 Å². The van der Waals surface area contributed by atoms with Crippen LogP contribution in [0.25, 0.3) is 0 Å². The quantitative estimate of drug-likeness (QED) is 0.698. The predicted molar refractivity (Wildman–Crippen MR) is 59.4 cm³/mol. The maximum Gasteiger partial charge on any atom is 0.0393 e. The van der Waals surface area contributed by atoms with Gasteiger partial charge in [-0.05, 0) is 31.9 Å². The van der Waals surface area contributed by atoms with E-state index in [1.807, 2.05) is 0 Å². The normalized spacial score (nSPS) is 17.4. The van der Waals surface area contributed by atoms with Crippen LogP contribution < -0.4 is 0 Å². The third-order valence-corrected chi connectivity index (χ3v) is 3.27. The molecule has 2 rings (SSSR count). The van der Waals surface area contributed by atoms with Crippen LogP contribution in [0, 0.1) is 0 Å². The molecule has 2 nitrogen and oxygen atoms in total. The molecule has 0 fully saturated rings. The van der Waals surface area contributed by atoms with Crippen molar-refractivity contribution < 1.29 is 0 Å². The summed E-state index contributed by atoms with van der Waals surface area (Å²) in [5.74, 6) is 0. The third-order valence-electron chi connectivity index (χ3n) is 3.27. The molecule has 2 heterocycles. The molecule has 1 aromatic heterocycles. The zero-order valence-corrected chi connectivity index (χ0v) is 9.45. The van der Waals surface area contributed by atoms with Crippen molar-refractivity contribution in [2.45, 2.75) is 46.3 Å². The summed E-state index contributed by atoms with van der Waals surface area (Å²) in [6.07, 6.45) is 3.40. The first-order valence-electron chi connectivity index (χ1n) is 5.63. The first-order valence-corrected chi connectivity index (χ1v) is 5.63. The number of aryl methyl sites for hydroxylation is 1. The van der Waals surface area contributed by atoms with E-state index in [9.17, 15) is 0 Å². The molecule has 1 aliphatic rings. The summed E-state index contributed by atoms with van der Waals surface area (Å²) in [7, 11) is 0. The molecule has 0 N–H and O–H groups in total. The minimum absolute atomic E-state index is 0.670. The summed E-state index contributed by atoms with van der Waals surface area (Å²) in [5.41, 5.74) is 3.06. The number of hydrogen-bond acceptors (Lipinski definition) is 1. The molecule has 0 bridgehead atoms. The van der Waals surface area contributed by atoms with Gasteiger partial charge in [0.25, 0.3) is 0 Å². The molecule has 14 heavy (non-hydrogen) atoms. The standard InChI is InChI=1S/C12H20N2/c1-4-11-5-6-13-7-8-14(10(2)3)9-12(11)13/h5-6,10H,4,7-9H2,1-3H3. The Morgan fingerprint density at radius 2 is 2.14 bits per heavy atom. The molecule has 1 aromatic rings. The molecule has 0 atom stereocenters. The lowest BCUT2D eigenvalue weighted by Crippen LogP contribution is -2.38. The highest BCUT2D eigenvalue weighted by molar-refractivity contribution is 5.23. The van der Waals surface area contributed by atoms with E-state index in [-0.39, 0.29) is 0 Å². The van der Waals surface area contributed by atoms with E-state index in [0.29, 0.717) is 6.04 Å². The average Bonchev–Trinajstić information content (AvgIpc) is 2.59. The molecule has 2 heteroatoms. The van der Waals surface area contributed by atoms with E-state index in [1.165, 1.54) is 17.8 Å². The SMILES string of the molecule is CCc1ccn2c1CN(C(C)C)CC2. The van der Waals surface area contributed by atoms with E-state index < -0.39 is 0 Å². The summed E-state index contributed by atoms with van der Waals surface area (Å²) >= 11 is 0. The second kappa shape index (κ2) is 3.77. The molecule has 0 radical (unpaired) electrons. The van der Waals surface area contributed by atoms with Crippen LogP contribution in [0.4, 0.5) is 0 Å². The lowest BCUT2D eigenvalue weighted by Gasteiger charge is -2.32. The molecule has 0 amide bonds. The number of rotatable bonds is 2. The van der Waals surface area contributed by atoms with Gasteiger partial charge in [0.05, 0.1) is 0 Å². The molecule has 0 saturated carbocycles. The molecular weight excluding hydrogens is 172 g/mol. The number of nitrogens with zero attached hydrogens (tertiary/aromatic N) is 2. The van der Waals surface area contributed by atoms with Crippen LogP contribution in [0.1, 0.15) is 32.0 Å². The van der Waals surface area contributed by atoms with Crippen molar-refractivity contribution in [1.82, 2.24) is 9.47 Å². The monoisotopic (exact) mass is 192 g/mol. The zero-order valence-electron chi connectivity index (χ0n) is 9.45. The average molecular weight is 192 g/mol. The van der Waals surface area contributed by atoms with Crippen molar-refractivity contribution in [3.05, 3.63) is 23.5 Å². The van der Waals surface area contributed by atoms with Gasteiger partial charge in [-0.1, -0.05) is 6.92 Å². The lowest BCUT2D eigenvalue weighted by atomic mass is 10.1. The molecule has 0 aromatic carbocycles. The predicted octanol–water partition coefficient (Wildman–Crippen LogP) is 2.27. The molecule has 0 aliphatic carbocycles. The maximum absolute atomic E-state index is 2.55. The highest BCUT2D eigenvalue weighted by Gasteiger charge is 2.19. The zero-order chi connectivity index (χ0) is 10.1. The van der Waals surface area contributed by atoms with Crippen molar-refractivity contribution in [3.8, 4) is 0 Å². The van der Waals surface area contributed by atoms with E-state index in [2.05, 4.69) is 42.5 Å². The summed E-state index contributed by atoms with van der Waals surface area (Å²) in [4.78, 5) is 2.55. The van der Waals surface area contributed by atoms with E-state index in [4.69, 9.17) is 0 Å². The fraction of sp³-hybridized carbons (Fsp3) is 0.667. The van der Waals surface area contributed by atoms with Crippen molar-refractivity contribution in [3.63, 3.8) is 0 Å². The Morgan fingerprint density at radius 1 is 1.36 bits per heavy atom. The summed E-state index contributed by atoms with van der Waals surface area (Å²) in [6, 6.07) is 2.95. The van der Waals surface area contributed by atoms with Crippen LogP contribution in [-0.2, 0) is 19.5 Å². The van der Waals surface area contributed by atoms with Gasteiger partial charge in [0.15, 0.2) is 0 Å². The van der Waals surface area contributed by atoms with Gasteiger partial charge in [-0.25, -0.2) is 0 Å².